The molecule has 1 aromatic carbocycles. The molecule has 6 nitrogen and oxygen atoms in total. The lowest BCUT2D eigenvalue weighted by atomic mass is 10.1. The summed E-state index contributed by atoms with van der Waals surface area (Å²) in [5.41, 5.74) is 2.55. The summed E-state index contributed by atoms with van der Waals surface area (Å²) < 4.78 is 0. The minimum atomic E-state index is 0.185. The molecule has 1 rings (SSSR count). The number of carbonyl (C=O) groups is 1. The minimum Gasteiger partial charge on any atom is -0.378 e. The van der Waals surface area contributed by atoms with E-state index >= 15 is 0 Å². The zero-order chi connectivity index (χ0) is 20.1. The molecule has 152 valence electrons. The molecular formula is C21H37N5O. The fourth-order valence-corrected chi connectivity index (χ4v) is 2.80. The molecule has 0 heterocycles. The van der Waals surface area contributed by atoms with Crippen LogP contribution in [0.5, 0.6) is 0 Å². The molecule has 0 unspecified atom stereocenters. The van der Waals surface area contributed by atoms with E-state index in [1.165, 1.54) is 11.3 Å². The first kappa shape index (κ1) is 22.8. The van der Waals surface area contributed by atoms with E-state index in [1.807, 2.05) is 25.7 Å². The average molecular weight is 376 g/mol. The third kappa shape index (κ3) is 8.80. The number of aliphatic imine (C=N–C) groups is 1. The zero-order valence-electron chi connectivity index (χ0n) is 17.7. The van der Waals surface area contributed by atoms with Gasteiger partial charge in [0.05, 0.1) is 0 Å². The highest BCUT2D eigenvalue weighted by Crippen LogP contribution is 2.13. The van der Waals surface area contributed by atoms with Crippen LogP contribution in [0, 0.1) is 0 Å². The second kappa shape index (κ2) is 13.0. The predicted molar refractivity (Wildman–Crippen MR) is 116 cm³/mol. The molecule has 2 N–H and O–H groups in total. The van der Waals surface area contributed by atoms with Gasteiger partial charge in [0.25, 0.3) is 0 Å². The van der Waals surface area contributed by atoms with Crippen molar-refractivity contribution in [2.75, 3.05) is 51.7 Å². The smallest absolute Gasteiger partial charge is 0.224 e. The number of hydrogen-bond acceptors (Lipinski definition) is 3. The van der Waals surface area contributed by atoms with Crippen LogP contribution in [0.1, 0.15) is 39.2 Å². The van der Waals surface area contributed by atoms with Crippen molar-refractivity contribution in [1.82, 2.24) is 15.5 Å². The number of guanidine groups is 1. The van der Waals surface area contributed by atoms with Gasteiger partial charge in [-0.05, 0) is 51.3 Å². The Morgan fingerprint density at radius 1 is 1.04 bits per heavy atom. The molecule has 0 saturated heterocycles. The van der Waals surface area contributed by atoms with Crippen LogP contribution in [-0.2, 0) is 11.2 Å². The number of amides is 1. The van der Waals surface area contributed by atoms with E-state index in [0.29, 0.717) is 13.0 Å². The average Bonchev–Trinajstić information content (AvgIpc) is 2.66. The first-order chi connectivity index (χ1) is 13.0. The molecule has 6 heteroatoms. The Morgan fingerprint density at radius 2 is 1.70 bits per heavy atom. The largest absolute Gasteiger partial charge is 0.378 e. The molecule has 0 fully saturated rings. The van der Waals surface area contributed by atoms with Crippen LogP contribution in [0.3, 0.4) is 0 Å². The molecule has 1 amide bonds. The van der Waals surface area contributed by atoms with E-state index in [4.69, 9.17) is 0 Å². The Bertz CT molecular complexity index is 564. The van der Waals surface area contributed by atoms with Crippen LogP contribution in [0.25, 0.3) is 0 Å². The van der Waals surface area contributed by atoms with Crippen LogP contribution < -0.4 is 15.5 Å². The van der Waals surface area contributed by atoms with E-state index in [2.05, 4.69) is 58.9 Å². The van der Waals surface area contributed by atoms with Crippen molar-refractivity contribution in [1.29, 1.82) is 0 Å². The molecule has 0 radical (unpaired) electrons. The Morgan fingerprint density at radius 3 is 2.26 bits per heavy atom. The van der Waals surface area contributed by atoms with Crippen molar-refractivity contribution in [3.63, 3.8) is 0 Å². The molecule has 0 aliphatic heterocycles. The first-order valence-electron chi connectivity index (χ1n) is 10.1. The summed E-state index contributed by atoms with van der Waals surface area (Å²) in [7, 11) is 4.10. The number of benzene rings is 1. The van der Waals surface area contributed by atoms with Gasteiger partial charge in [0.1, 0.15) is 0 Å². The van der Waals surface area contributed by atoms with E-state index in [0.717, 1.165) is 45.0 Å². The second-order valence-corrected chi connectivity index (χ2v) is 6.67. The second-order valence-electron chi connectivity index (χ2n) is 6.67. The lowest BCUT2D eigenvalue weighted by Crippen LogP contribution is -2.40. The Kier molecular flexibility index (Phi) is 11.0. The fourth-order valence-electron chi connectivity index (χ4n) is 2.80. The maximum Gasteiger partial charge on any atom is 0.224 e. The predicted octanol–water partition coefficient (Wildman–Crippen LogP) is 2.50. The SMILES string of the molecule is CCNC(=NCCCc1ccc(N(C)C)cc1)NCCC(=O)N(CC)CC. The molecule has 0 atom stereocenters. The lowest BCUT2D eigenvalue weighted by Gasteiger charge is -2.19. The standard InChI is InChI=1S/C21H37N5O/c1-6-22-21(24-17-15-20(27)26(7-2)8-3)23-16-9-10-18-11-13-19(14-12-18)25(4)5/h11-14H,6-10,15-17H2,1-5H3,(H2,22,23,24). The van der Waals surface area contributed by atoms with Crippen molar-refractivity contribution >= 4 is 17.6 Å². The van der Waals surface area contributed by atoms with Crippen molar-refractivity contribution < 1.29 is 4.79 Å². The molecular weight excluding hydrogens is 338 g/mol. The van der Waals surface area contributed by atoms with E-state index in [-0.39, 0.29) is 5.91 Å². The van der Waals surface area contributed by atoms with Crippen LogP contribution in [0.4, 0.5) is 5.69 Å². The number of rotatable bonds is 11. The third-order valence-corrected chi connectivity index (χ3v) is 4.44. The quantitative estimate of drug-likeness (QED) is 0.354. The maximum absolute atomic E-state index is 12.1. The van der Waals surface area contributed by atoms with Crippen LogP contribution in [0.15, 0.2) is 29.3 Å². The van der Waals surface area contributed by atoms with Crippen LogP contribution in [0.2, 0.25) is 0 Å². The van der Waals surface area contributed by atoms with Gasteiger partial charge in [-0.15, -0.1) is 0 Å². The number of hydrogen-bond donors (Lipinski definition) is 2. The summed E-state index contributed by atoms with van der Waals surface area (Å²) in [5.74, 6) is 0.970. The molecule has 0 bridgehead atoms. The van der Waals surface area contributed by atoms with Gasteiger partial charge in [-0.3, -0.25) is 9.79 Å². The summed E-state index contributed by atoms with van der Waals surface area (Å²) >= 11 is 0. The van der Waals surface area contributed by atoms with Gasteiger partial charge in [0, 0.05) is 58.9 Å². The lowest BCUT2D eigenvalue weighted by molar-refractivity contribution is -0.130. The van der Waals surface area contributed by atoms with Crippen LogP contribution >= 0.6 is 0 Å². The number of nitrogens with one attached hydrogen (secondary N) is 2. The van der Waals surface area contributed by atoms with Gasteiger partial charge in [-0.1, -0.05) is 12.1 Å². The van der Waals surface area contributed by atoms with Crippen LogP contribution in [-0.4, -0.2) is 63.6 Å². The summed E-state index contributed by atoms with van der Waals surface area (Å²) in [4.78, 5) is 20.6. The monoisotopic (exact) mass is 375 g/mol. The van der Waals surface area contributed by atoms with Crippen molar-refractivity contribution in [2.24, 2.45) is 4.99 Å². The summed E-state index contributed by atoms with van der Waals surface area (Å²) in [6, 6.07) is 8.66. The van der Waals surface area contributed by atoms with Gasteiger partial charge >= 0.3 is 0 Å². The molecule has 0 spiro atoms. The summed E-state index contributed by atoms with van der Waals surface area (Å²) in [6.07, 6.45) is 2.50. The van der Waals surface area contributed by atoms with Gasteiger partial charge in [-0.25, -0.2) is 0 Å². The normalized spacial score (nSPS) is 11.2. The van der Waals surface area contributed by atoms with Gasteiger partial charge in [-0.2, -0.15) is 0 Å². The topological polar surface area (TPSA) is 60.0 Å². The van der Waals surface area contributed by atoms with Crippen molar-refractivity contribution in [3.05, 3.63) is 29.8 Å². The molecule has 1 aromatic rings. The van der Waals surface area contributed by atoms with Gasteiger partial charge < -0.3 is 20.4 Å². The van der Waals surface area contributed by atoms with Gasteiger partial charge in [0.2, 0.25) is 5.91 Å². The Labute approximate surface area is 165 Å². The van der Waals surface area contributed by atoms with E-state index in [1.54, 1.807) is 0 Å². The number of carbonyl (C=O) groups excluding carboxylic acids is 1. The first-order valence-corrected chi connectivity index (χ1v) is 10.1. The summed E-state index contributed by atoms with van der Waals surface area (Å²) in [5, 5.41) is 6.50. The number of nitrogens with zero attached hydrogens (tertiary/aromatic N) is 3. The molecule has 0 saturated carbocycles. The Hall–Kier alpha value is -2.24. The third-order valence-electron chi connectivity index (χ3n) is 4.44. The molecule has 27 heavy (non-hydrogen) atoms. The fraction of sp³-hybridized carbons (Fsp3) is 0.619. The highest BCUT2D eigenvalue weighted by Gasteiger charge is 2.09. The van der Waals surface area contributed by atoms with E-state index in [9.17, 15) is 4.79 Å². The zero-order valence-corrected chi connectivity index (χ0v) is 17.7. The minimum absolute atomic E-state index is 0.185. The molecule has 0 aliphatic rings. The highest BCUT2D eigenvalue weighted by molar-refractivity contribution is 5.81. The summed E-state index contributed by atoms with van der Waals surface area (Å²) in [6.45, 7) is 9.76. The highest BCUT2D eigenvalue weighted by atomic mass is 16.2. The van der Waals surface area contributed by atoms with Gasteiger partial charge in [0.15, 0.2) is 5.96 Å². The maximum atomic E-state index is 12.1. The van der Waals surface area contributed by atoms with Crippen molar-refractivity contribution in [3.8, 4) is 0 Å². The van der Waals surface area contributed by atoms with Crippen molar-refractivity contribution in [2.45, 2.75) is 40.0 Å². The molecule has 0 aliphatic carbocycles. The molecule has 0 aromatic heterocycles. The number of aryl methyl sites for hydroxylation is 1. The number of anilines is 1. The van der Waals surface area contributed by atoms with E-state index < -0.39 is 0 Å². The Balaban J connectivity index is 2.39.